The molecule has 1 aliphatic rings. The number of aromatic nitrogens is 1. The molecular formula is C16H22N4O. The second kappa shape index (κ2) is 5.77. The fourth-order valence-corrected chi connectivity index (χ4v) is 2.99. The van der Waals surface area contributed by atoms with Crippen molar-refractivity contribution in [2.24, 2.45) is 0 Å². The number of aromatic amines is 1. The third-order valence-electron chi connectivity index (χ3n) is 4.32. The molecule has 4 N–H and O–H groups in total. The largest absolute Gasteiger partial charge is 0.399 e. The molecule has 0 saturated carbocycles. The van der Waals surface area contributed by atoms with Crippen LogP contribution in [0, 0.1) is 0 Å². The Labute approximate surface area is 124 Å². The van der Waals surface area contributed by atoms with Crippen LogP contribution in [-0.4, -0.2) is 41.5 Å². The number of carbonyl (C=O) groups is 1. The van der Waals surface area contributed by atoms with E-state index in [0.717, 1.165) is 43.4 Å². The Hall–Kier alpha value is -2.01. The van der Waals surface area contributed by atoms with Gasteiger partial charge in [0.25, 0.3) is 5.91 Å². The summed E-state index contributed by atoms with van der Waals surface area (Å²) in [5, 5.41) is 4.08. The topological polar surface area (TPSA) is 74.2 Å². The molecule has 0 aliphatic carbocycles. The molecule has 5 heteroatoms. The number of nitrogens with two attached hydrogens (primary N) is 1. The molecule has 3 rings (SSSR count). The van der Waals surface area contributed by atoms with Crippen LogP contribution in [-0.2, 0) is 0 Å². The Morgan fingerprint density at radius 3 is 2.90 bits per heavy atom. The Morgan fingerprint density at radius 2 is 2.19 bits per heavy atom. The molecule has 0 spiro atoms. The zero-order valence-electron chi connectivity index (χ0n) is 12.4. The molecule has 21 heavy (non-hydrogen) atoms. The lowest BCUT2D eigenvalue weighted by atomic mass is 10.0. The van der Waals surface area contributed by atoms with Gasteiger partial charge in [-0.05, 0) is 37.6 Å². The maximum Gasteiger partial charge on any atom is 0.253 e. The molecule has 112 valence electrons. The number of rotatable bonds is 3. The van der Waals surface area contributed by atoms with E-state index in [-0.39, 0.29) is 11.9 Å². The number of carbonyl (C=O) groups excluding carboxylic acids is 1. The highest BCUT2D eigenvalue weighted by molar-refractivity contribution is 6.07. The molecule has 1 aromatic heterocycles. The summed E-state index contributed by atoms with van der Waals surface area (Å²) in [5.74, 6) is 0.000898. The summed E-state index contributed by atoms with van der Waals surface area (Å²) in [6, 6.07) is 5.85. The van der Waals surface area contributed by atoms with Gasteiger partial charge in [-0.3, -0.25) is 4.79 Å². The number of fused-ring (bicyclic) bond motifs is 1. The normalized spacial score (nSPS) is 17.2. The Balaban J connectivity index is 1.70. The first kappa shape index (κ1) is 13.9. The monoisotopic (exact) mass is 286 g/mol. The summed E-state index contributed by atoms with van der Waals surface area (Å²) >= 11 is 0. The van der Waals surface area contributed by atoms with Crippen molar-refractivity contribution in [1.82, 2.24) is 15.2 Å². The third-order valence-corrected chi connectivity index (χ3v) is 4.32. The van der Waals surface area contributed by atoms with E-state index in [1.165, 1.54) is 0 Å². The Bertz CT molecular complexity index is 641. The van der Waals surface area contributed by atoms with Gasteiger partial charge in [0.05, 0.1) is 5.56 Å². The van der Waals surface area contributed by atoms with Crippen LogP contribution in [0.4, 0.5) is 5.69 Å². The quantitative estimate of drug-likeness (QED) is 0.755. The van der Waals surface area contributed by atoms with Crippen molar-refractivity contribution in [1.29, 1.82) is 0 Å². The van der Waals surface area contributed by atoms with Gasteiger partial charge in [-0.1, -0.05) is 6.92 Å². The van der Waals surface area contributed by atoms with Crippen LogP contribution in [0.5, 0.6) is 0 Å². The van der Waals surface area contributed by atoms with Gasteiger partial charge in [0, 0.05) is 41.9 Å². The highest BCUT2D eigenvalue weighted by Crippen LogP contribution is 2.21. The number of piperidine rings is 1. The molecule has 5 nitrogen and oxygen atoms in total. The van der Waals surface area contributed by atoms with Crippen LogP contribution in [0.15, 0.2) is 24.4 Å². The number of hydrogen-bond donors (Lipinski definition) is 3. The summed E-state index contributed by atoms with van der Waals surface area (Å²) < 4.78 is 0. The first-order valence-corrected chi connectivity index (χ1v) is 7.57. The number of hydrogen-bond acceptors (Lipinski definition) is 3. The van der Waals surface area contributed by atoms with Crippen LogP contribution in [0.3, 0.4) is 0 Å². The maximum atomic E-state index is 12.4. The lowest BCUT2D eigenvalue weighted by molar-refractivity contribution is 0.0914. The lowest BCUT2D eigenvalue weighted by Crippen LogP contribution is -2.44. The van der Waals surface area contributed by atoms with Crippen LogP contribution >= 0.6 is 0 Å². The SMILES string of the molecule is CCN1CCC(NC(=O)c2c[nH]c3cc(N)ccc23)CC1. The van der Waals surface area contributed by atoms with Gasteiger partial charge < -0.3 is 20.9 Å². The predicted octanol–water partition coefficient (Wildman–Crippen LogP) is 1.96. The second-order valence-electron chi connectivity index (χ2n) is 5.69. The van der Waals surface area contributed by atoms with E-state index in [4.69, 9.17) is 5.73 Å². The van der Waals surface area contributed by atoms with E-state index in [0.29, 0.717) is 11.3 Å². The molecule has 1 aromatic carbocycles. The molecule has 1 amide bonds. The van der Waals surface area contributed by atoms with E-state index < -0.39 is 0 Å². The van der Waals surface area contributed by atoms with E-state index in [1.807, 2.05) is 18.2 Å². The Morgan fingerprint density at radius 1 is 1.43 bits per heavy atom. The summed E-state index contributed by atoms with van der Waals surface area (Å²) in [6.07, 6.45) is 3.81. The number of nitrogen functional groups attached to an aromatic ring is 1. The number of anilines is 1. The minimum atomic E-state index is 0.000898. The molecule has 0 radical (unpaired) electrons. The number of nitrogens with one attached hydrogen (secondary N) is 2. The fraction of sp³-hybridized carbons (Fsp3) is 0.438. The van der Waals surface area contributed by atoms with Crippen LogP contribution in [0.2, 0.25) is 0 Å². The molecule has 1 saturated heterocycles. The van der Waals surface area contributed by atoms with Crippen molar-refractivity contribution in [3.63, 3.8) is 0 Å². The number of benzene rings is 1. The minimum absolute atomic E-state index is 0.000898. The molecule has 0 atom stereocenters. The molecule has 2 aromatic rings. The Kier molecular flexibility index (Phi) is 3.84. The first-order chi connectivity index (χ1) is 10.2. The molecular weight excluding hydrogens is 264 g/mol. The summed E-state index contributed by atoms with van der Waals surface area (Å²) in [4.78, 5) is 18.0. The standard InChI is InChI=1S/C16H22N4O/c1-2-20-7-5-12(6-8-20)19-16(21)14-10-18-15-9-11(17)3-4-13(14)15/h3-4,9-10,12,18H,2,5-8,17H2,1H3,(H,19,21). The van der Waals surface area contributed by atoms with Crippen molar-refractivity contribution in [2.45, 2.75) is 25.8 Å². The molecule has 1 fully saturated rings. The molecule has 1 aliphatic heterocycles. The third kappa shape index (κ3) is 2.88. The van der Waals surface area contributed by atoms with Crippen LogP contribution < -0.4 is 11.1 Å². The number of amides is 1. The zero-order chi connectivity index (χ0) is 14.8. The zero-order valence-corrected chi connectivity index (χ0v) is 12.4. The molecule has 0 bridgehead atoms. The van der Waals surface area contributed by atoms with Gasteiger partial charge in [0.15, 0.2) is 0 Å². The summed E-state index contributed by atoms with van der Waals surface area (Å²) in [5.41, 5.74) is 8.06. The van der Waals surface area contributed by atoms with Crippen LogP contribution in [0.1, 0.15) is 30.1 Å². The van der Waals surface area contributed by atoms with E-state index in [2.05, 4.69) is 22.1 Å². The average Bonchev–Trinajstić information content (AvgIpc) is 2.91. The molecule has 2 heterocycles. The van der Waals surface area contributed by atoms with Gasteiger partial charge in [-0.15, -0.1) is 0 Å². The van der Waals surface area contributed by atoms with Gasteiger partial charge in [0.2, 0.25) is 0 Å². The van der Waals surface area contributed by atoms with Crippen molar-refractivity contribution in [3.8, 4) is 0 Å². The summed E-state index contributed by atoms with van der Waals surface area (Å²) in [7, 11) is 0. The highest BCUT2D eigenvalue weighted by Gasteiger charge is 2.21. The number of nitrogens with zero attached hydrogens (tertiary/aromatic N) is 1. The predicted molar refractivity (Wildman–Crippen MR) is 85.3 cm³/mol. The molecule has 0 unspecified atom stereocenters. The van der Waals surface area contributed by atoms with Gasteiger partial charge in [0.1, 0.15) is 0 Å². The van der Waals surface area contributed by atoms with Crippen LogP contribution in [0.25, 0.3) is 10.9 Å². The first-order valence-electron chi connectivity index (χ1n) is 7.57. The van der Waals surface area contributed by atoms with Crippen molar-refractivity contribution in [2.75, 3.05) is 25.4 Å². The number of H-pyrrole nitrogens is 1. The lowest BCUT2D eigenvalue weighted by Gasteiger charge is -2.31. The summed E-state index contributed by atoms with van der Waals surface area (Å²) in [6.45, 7) is 5.39. The van der Waals surface area contributed by atoms with Gasteiger partial charge in [-0.2, -0.15) is 0 Å². The van der Waals surface area contributed by atoms with E-state index >= 15 is 0 Å². The second-order valence-corrected chi connectivity index (χ2v) is 5.69. The van der Waals surface area contributed by atoms with Crippen molar-refractivity contribution in [3.05, 3.63) is 30.0 Å². The van der Waals surface area contributed by atoms with Crippen molar-refractivity contribution >= 4 is 22.5 Å². The van der Waals surface area contributed by atoms with Gasteiger partial charge in [-0.25, -0.2) is 0 Å². The van der Waals surface area contributed by atoms with Crippen molar-refractivity contribution < 1.29 is 4.79 Å². The fourth-order valence-electron chi connectivity index (χ4n) is 2.99. The minimum Gasteiger partial charge on any atom is -0.399 e. The highest BCUT2D eigenvalue weighted by atomic mass is 16.1. The average molecular weight is 286 g/mol. The van der Waals surface area contributed by atoms with E-state index in [9.17, 15) is 4.79 Å². The van der Waals surface area contributed by atoms with Gasteiger partial charge >= 0.3 is 0 Å². The number of likely N-dealkylation sites (tertiary alicyclic amines) is 1. The maximum absolute atomic E-state index is 12.4. The smallest absolute Gasteiger partial charge is 0.253 e. The van der Waals surface area contributed by atoms with E-state index in [1.54, 1.807) is 6.20 Å².